The lowest BCUT2D eigenvalue weighted by Gasteiger charge is -2.35. The number of anilines is 1. The summed E-state index contributed by atoms with van der Waals surface area (Å²) in [4.78, 5) is 121. The van der Waals surface area contributed by atoms with E-state index in [0.717, 1.165) is 20.3 Å². The number of rotatable bonds is 27. The number of nitrogens with zero attached hydrogens (tertiary/aromatic N) is 4. The van der Waals surface area contributed by atoms with Gasteiger partial charge in [0.25, 0.3) is 16.7 Å². The minimum absolute atomic E-state index is 0.000360. The monoisotopic (exact) mass is 1250 g/mol. The van der Waals surface area contributed by atoms with Crippen LogP contribution in [0, 0.1) is 0 Å². The zero-order chi connectivity index (χ0) is 57.8. The number of carbonyl (C=O) groups is 6. The predicted octanol–water partition coefficient (Wildman–Crippen LogP) is 2.48. The highest BCUT2D eigenvalue weighted by Crippen LogP contribution is 2.43. The quantitative estimate of drug-likeness (QED) is 0.0365. The van der Waals surface area contributed by atoms with Gasteiger partial charge in [-0.1, -0.05) is 19.1 Å². The minimum atomic E-state index is -2.00. The number of pyridine rings is 2. The molecule has 2 atom stereocenters. The molecule has 4 amide bonds. The second-order valence-electron chi connectivity index (χ2n) is 18.7. The number of nitrogens with one attached hydrogen (secondary N) is 4. The highest BCUT2D eigenvalue weighted by Gasteiger charge is 2.51. The first kappa shape index (κ1) is 59.6. The zero-order valence-electron chi connectivity index (χ0n) is 44.2. The largest absolute Gasteiger partial charge is 0.510 e. The number of amides is 4. The molecule has 0 unspecified atom stereocenters. The summed E-state index contributed by atoms with van der Waals surface area (Å²) in [6.07, 6.45) is 0.0835. The molecule has 0 aliphatic carbocycles. The van der Waals surface area contributed by atoms with Crippen LogP contribution in [0.4, 0.5) is 10.5 Å². The molecule has 3 aliphatic rings. The Morgan fingerprint density at radius 1 is 0.815 bits per heavy atom. The third kappa shape index (κ3) is 14.2. The molecule has 8 rings (SSSR count). The van der Waals surface area contributed by atoms with Gasteiger partial charge in [0, 0.05) is 54.8 Å². The van der Waals surface area contributed by atoms with Crippen molar-refractivity contribution in [2.45, 2.75) is 77.0 Å². The summed E-state index contributed by atoms with van der Waals surface area (Å²) in [7, 11) is 1.43. The van der Waals surface area contributed by atoms with Gasteiger partial charge in [0.1, 0.15) is 41.4 Å². The molecular formula is C53H59Br2N9O17. The molecule has 3 aliphatic heterocycles. The molecule has 432 valence electrons. The van der Waals surface area contributed by atoms with Crippen molar-refractivity contribution < 1.29 is 66.7 Å². The Balaban J connectivity index is 0.729. The van der Waals surface area contributed by atoms with Crippen LogP contribution in [-0.4, -0.2) is 127 Å². The van der Waals surface area contributed by atoms with Crippen LogP contribution in [0.1, 0.15) is 61.3 Å². The Hall–Kier alpha value is -7.50. The van der Waals surface area contributed by atoms with Crippen LogP contribution in [0.5, 0.6) is 11.5 Å². The molecule has 0 saturated carbocycles. The van der Waals surface area contributed by atoms with E-state index >= 15 is 0 Å². The summed E-state index contributed by atoms with van der Waals surface area (Å²) >= 11 is 6.16. The summed E-state index contributed by atoms with van der Waals surface area (Å²) in [5.41, 5.74) is 5.97. The lowest BCUT2D eigenvalue weighted by Crippen LogP contribution is -2.47. The van der Waals surface area contributed by atoms with E-state index in [-0.39, 0.29) is 118 Å². The molecule has 5 aromatic rings. The van der Waals surface area contributed by atoms with E-state index in [0.29, 0.717) is 59.0 Å². The molecule has 0 saturated heterocycles. The van der Waals surface area contributed by atoms with Crippen LogP contribution in [0.2, 0.25) is 0 Å². The van der Waals surface area contributed by atoms with Crippen LogP contribution in [0.15, 0.2) is 71.9 Å². The van der Waals surface area contributed by atoms with E-state index in [4.69, 9.17) is 48.6 Å². The van der Waals surface area contributed by atoms with Gasteiger partial charge in [-0.05, 0) is 100.0 Å². The molecule has 2 aromatic carbocycles. The van der Waals surface area contributed by atoms with Crippen LogP contribution in [0.25, 0.3) is 22.3 Å². The van der Waals surface area contributed by atoms with Crippen molar-refractivity contribution in [3.05, 3.63) is 111 Å². The lowest BCUT2D eigenvalue weighted by molar-refractivity contribution is -0.175. The van der Waals surface area contributed by atoms with Crippen LogP contribution < -0.4 is 53.2 Å². The number of hydrogen-bond acceptors (Lipinski definition) is 19. The van der Waals surface area contributed by atoms with E-state index in [1.165, 1.54) is 7.05 Å². The van der Waals surface area contributed by atoms with Crippen LogP contribution in [-0.2, 0) is 91.3 Å². The van der Waals surface area contributed by atoms with E-state index in [1.54, 1.807) is 47.9 Å². The Morgan fingerprint density at radius 2 is 1.51 bits per heavy atom. The molecule has 0 fully saturated rings. The van der Waals surface area contributed by atoms with Gasteiger partial charge < -0.3 is 69.5 Å². The van der Waals surface area contributed by atoms with Crippen molar-refractivity contribution in [1.82, 2.24) is 34.9 Å². The number of esters is 1. The maximum atomic E-state index is 14.0. The first-order valence-corrected chi connectivity index (χ1v) is 27.4. The summed E-state index contributed by atoms with van der Waals surface area (Å²) < 4.78 is 48.0. The van der Waals surface area contributed by atoms with Gasteiger partial charge in [0.05, 0.1) is 62.0 Å². The fraction of sp³-hybridized carbons (Fsp3) is 0.434. The van der Waals surface area contributed by atoms with Crippen LogP contribution in [0.3, 0.4) is 0 Å². The van der Waals surface area contributed by atoms with Crippen molar-refractivity contribution >= 4 is 84.2 Å². The van der Waals surface area contributed by atoms with E-state index in [9.17, 15) is 43.2 Å². The maximum absolute atomic E-state index is 14.0. The van der Waals surface area contributed by atoms with Crippen molar-refractivity contribution in [1.29, 1.82) is 0 Å². The number of cyclic esters (lactones) is 1. The molecule has 26 nitrogen and oxygen atoms in total. The number of aromatic nitrogens is 4. The molecule has 0 radical (unpaired) electrons. The number of nitrogens with two attached hydrogens (primary N) is 1. The Morgan fingerprint density at radius 3 is 2.22 bits per heavy atom. The standard InChI is InChI=1S/C53H59Br2N9O17/c1-3-53(35-22-38-46-32(24-63(38)48(69)34(35)26-77-51(53)72)20-31-21-39-40(80-29-79-39)23-37(31)61-46)81-52(73)78-25-30-7-9-33(10-8-30)59-47(68)36(6-4-5-12-56)60-43(67)28-76-27-42(66)58-14-17-75-19-18-74-16-13-57-41(65)11-15-64-50(71)45(55)44(54)49(70)62(64)2/h7-10,20-23,36H,3-6,11-19,24-29,56H2,1-2H3,(H,57,65)(H,58,66)(H,59,68)(H,60,67)/t36-,53-/m0/s1. The number of hydrogen-bond donors (Lipinski definition) is 5. The van der Waals surface area contributed by atoms with E-state index < -0.39 is 71.4 Å². The molecule has 6 N–H and O–H groups in total. The molecule has 81 heavy (non-hydrogen) atoms. The van der Waals surface area contributed by atoms with Gasteiger partial charge in [-0.2, -0.15) is 0 Å². The second kappa shape index (κ2) is 27.3. The Kier molecular flexibility index (Phi) is 20.1. The van der Waals surface area contributed by atoms with Gasteiger partial charge in [0.15, 0.2) is 11.5 Å². The summed E-state index contributed by atoms with van der Waals surface area (Å²) in [6.45, 7) is 1.95. The third-order valence-electron chi connectivity index (χ3n) is 13.4. The SMILES string of the molecule is CC[C@@]1(OC(=O)OCc2ccc(NC(=O)[C@H](CCCCN)NC(=O)COCC(=O)NCCOCCOCCNC(=O)CCn3c(=O)c(Br)c(Br)c(=O)n3C)cc2)C(=O)OCc2c1cc1n(c2=O)Cc2cc3cc4c(cc3nc2-1)OCO4. The Labute approximate surface area is 478 Å². The van der Waals surface area contributed by atoms with Gasteiger partial charge in [0.2, 0.25) is 36.0 Å². The molecule has 0 bridgehead atoms. The zero-order valence-corrected chi connectivity index (χ0v) is 47.4. The predicted molar refractivity (Wildman–Crippen MR) is 294 cm³/mol. The molecule has 6 heterocycles. The normalized spacial score (nSPS) is 15.0. The maximum Gasteiger partial charge on any atom is 0.510 e. The van der Waals surface area contributed by atoms with Crippen LogP contribution >= 0.6 is 31.9 Å². The topological polar surface area (TPSA) is 329 Å². The third-order valence-corrected chi connectivity index (χ3v) is 15.4. The Bertz CT molecular complexity index is 3410. The van der Waals surface area contributed by atoms with Gasteiger partial charge >= 0.3 is 12.1 Å². The molecule has 28 heteroatoms. The van der Waals surface area contributed by atoms with Gasteiger partial charge in [-0.3, -0.25) is 33.6 Å². The van der Waals surface area contributed by atoms with Crippen molar-refractivity contribution in [2.75, 3.05) is 71.4 Å². The number of carbonyl (C=O) groups excluding carboxylic acids is 6. The number of fused-ring (bicyclic) bond motifs is 6. The molecular weight excluding hydrogens is 1190 g/mol. The fourth-order valence-electron chi connectivity index (χ4n) is 9.13. The van der Waals surface area contributed by atoms with Gasteiger partial charge in [-0.25, -0.2) is 23.9 Å². The highest BCUT2D eigenvalue weighted by molar-refractivity contribution is 9.13. The average molecular weight is 1250 g/mol. The second-order valence-corrected chi connectivity index (χ2v) is 20.3. The van der Waals surface area contributed by atoms with Gasteiger partial charge in [-0.15, -0.1) is 0 Å². The minimum Gasteiger partial charge on any atom is -0.457 e. The first-order chi connectivity index (χ1) is 39.0. The molecule has 0 spiro atoms. The van der Waals surface area contributed by atoms with Crippen molar-refractivity contribution in [3.63, 3.8) is 0 Å². The van der Waals surface area contributed by atoms with E-state index in [1.807, 2.05) is 12.1 Å². The first-order valence-electron chi connectivity index (χ1n) is 25.9. The van der Waals surface area contributed by atoms with Crippen molar-refractivity contribution in [2.24, 2.45) is 12.8 Å². The number of unbranched alkanes of at least 4 members (excludes halogenated alkanes) is 1. The lowest BCUT2D eigenvalue weighted by atomic mass is 9.85. The van der Waals surface area contributed by atoms with E-state index in [2.05, 4.69) is 53.1 Å². The summed E-state index contributed by atoms with van der Waals surface area (Å²) in [6, 6.07) is 12.5. The summed E-state index contributed by atoms with van der Waals surface area (Å²) in [5.74, 6) is -1.70. The smallest absolute Gasteiger partial charge is 0.457 e. The number of ether oxygens (including phenoxy) is 8. The highest BCUT2D eigenvalue weighted by atomic mass is 79.9. The summed E-state index contributed by atoms with van der Waals surface area (Å²) in [5, 5.41) is 11.5. The van der Waals surface area contributed by atoms with Crippen molar-refractivity contribution in [3.8, 4) is 22.9 Å². The number of benzene rings is 2. The molecule has 3 aromatic heterocycles. The fourth-order valence-corrected chi connectivity index (χ4v) is 9.93. The average Bonchev–Trinajstić information content (AvgIpc) is 3.75. The number of halogens is 2.